The van der Waals surface area contributed by atoms with E-state index in [0.29, 0.717) is 6.42 Å². The van der Waals surface area contributed by atoms with Crippen molar-refractivity contribution in [1.82, 2.24) is 5.32 Å². The lowest BCUT2D eigenvalue weighted by molar-refractivity contribution is -0.144. The van der Waals surface area contributed by atoms with Crippen molar-refractivity contribution in [2.75, 3.05) is 0 Å². The predicted octanol–water partition coefficient (Wildman–Crippen LogP) is 1.90. The molecule has 1 aromatic carbocycles. The molecule has 6 heteroatoms. The number of carbonyl (C=O) groups excluding carboxylic acids is 1. The Balaban J connectivity index is 3.04. The van der Waals surface area contributed by atoms with Crippen molar-refractivity contribution in [3.63, 3.8) is 0 Å². The van der Waals surface area contributed by atoms with Crippen LogP contribution in [0.15, 0.2) is 18.2 Å². The fraction of sp³-hybridized carbons (Fsp3) is 0.385. The van der Waals surface area contributed by atoms with Crippen molar-refractivity contribution in [3.8, 4) is 5.75 Å². The molecule has 0 aliphatic heterocycles. The molecule has 0 saturated heterocycles. The molecule has 1 aromatic rings. The number of carboxylic acid groups (broad SMARTS) is 1. The van der Waals surface area contributed by atoms with Gasteiger partial charge in [-0.15, -0.1) is 0 Å². The third kappa shape index (κ3) is 3.21. The zero-order valence-corrected chi connectivity index (χ0v) is 10.7. The maximum atomic E-state index is 13.5. The summed E-state index contributed by atoms with van der Waals surface area (Å²) in [7, 11) is 0. The van der Waals surface area contributed by atoms with Gasteiger partial charge in [-0.05, 0) is 25.5 Å². The second-order valence-corrected chi connectivity index (χ2v) is 4.48. The number of carbonyl (C=O) groups is 2. The van der Waals surface area contributed by atoms with Gasteiger partial charge in [0.1, 0.15) is 22.7 Å². The molecule has 0 aliphatic carbocycles. The molecule has 0 fully saturated rings. The van der Waals surface area contributed by atoms with Crippen LogP contribution in [-0.4, -0.2) is 27.6 Å². The quantitative estimate of drug-likeness (QED) is 0.762. The average molecular weight is 269 g/mol. The normalized spacial score (nSPS) is 13.6. The average Bonchev–Trinajstić information content (AvgIpc) is 2.28. The van der Waals surface area contributed by atoms with E-state index >= 15 is 0 Å². The molecule has 104 valence electrons. The van der Waals surface area contributed by atoms with Crippen molar-refractivity contribution in [3.05, 3.63) is 29.6 Å². The molecule has 3 N–H and O–H groups in total. The van der Waals surface area contributed by atoms with E-state index in [2.05, 4.69) is 5.32 Å². The molecule has 1 rings (SSSR count). The van der Waals surface area contributed by atoms with E-state index in [9.17, 15) is 19.1 Å². The number of aliphatic carboxylic acids is 1. The van der Waals surface area contributed by atoms with Gasteiger partial charge in [-0.1, -0.05) is 19.4 Å². The summed E-state index contributed by atoms with van der Waals surface area (Å²) >= 11 is 0. The Morgan fingerprint density at radius 2 is 2.05 bits per heavy atom. The van der Waals surface area contributed by atoms with Crippen molar-refractivity contribution < 1.29 is 24.2 Å². The summed E-state index contributed by atoms with van der Waals surface area (Å²) in [6, 6.07) is 3.44. The molecule has 0 aliphatic rings. The summed E-state index contributed by atoms with van der Waals surface area (Å²) in [6.07, 6.45) is 0.732. The van der Waals surface area contributed by atoms with Crippen molar-refractivity contribution >= 4 is 11.9 Å². The second-order valence-electron chi connectivity index (χ2n) is 4.48. The van der Waals surface area contributed by atoms with Crippen LogP contribution in [0, 0.1) is 5.82 Å². The van der Waals surface area contributed by atoms with E-state index in [1.54, 1.807) is 6.92 Å². The van der Waals surface area contributed by atoms with Crippen LogP contribution in [0.5, 0.6) is 5.75 Å². The first-order chi connectivity index (χ1) is 8.81. The van der Waals surface area contributed by atoms with Crippen molar-refractivity contribution in [1.29, 1.82) is 0 Å². The van der Waals surface area contributed by atoms with Gasteiger partial charge in [-0.25, -0.2) is 9.18 Å². The highest BCUT2D eigenvalue weighted by atomic mass is 19.1. The van der Waals surface area contributed by atoms with Crippen LogP contribution in [-0.2, 0) is 4.79 Å². The van der Waals surface area contributed by atoms with Gasteiger partial charge in [-0.3, -0.25) is 4.79 Å². The second kappa shape index (κ2) is 5.69. The molecule has 1 amide bonds. The van der Waals surface area contributed by atoms with Crippen molar-refractivity contribution in [2.24, 2.45) is 0 Å². The fourth-order valence-electron chi connectivity index (χ4n) is 1.77. The van der Waals surface area contributed by atoms with E-state index in [-0.39, 0.29) is 6.42 Å². The molecule has 19 heavy (non-hydrogen) atoms. The highest BCUT2D eigenvalue weighted by Gasteiger charge is 2.35. The molecule has 0 saturated carbocycles. The van der Waals surface area contributed by atoms with Crippen LogP contribution in [0.3, 0.4) is 0 Å². The lowest BCUT2D eigenvalue weighted by Crippen LogP contribution is -2.52. The minimum absolute atomic E-state index is 0.198. The van der Waals surface area contributed by atoms with Crippen LogP contribution in [0.4, 0.5) is 4.39 Å². The summed E-state index contributed by atoms with van der Waals surface area (Å²) < 4.78 is 13.5. The maximum Gasteiger partial charge on any atom is 0.329 e. The third-order valence-electron chi connectivity index (χ3n) is 2.83. The Hall–Kier alpha value is -2.11. The number of aromatic hydroxyl groups is 1. The van der Waals surface area contributed by atoms with Gasteiger partial charge in [-0.2, -0.15) is 0 Å². The smallest absolute Gasteiger partial charge is 0.329 e. The molecule has 0 spiro atoms. The molecular weight excluding hydrogens is 253 g/mol. The van der Waals surface area contributed by atoms with Crippen LogP contribution in [0.2, 0.25) is 0 Å². The molecule has 1 atom stereocenters. The number of amides is 1. The molecule has 0 heterocycles. The number of rotatable bonds is 5. The van der Waals surface area contributed by atoms with Gasteiger partial charge in [0.05, 0.1) is 0 Å². The zero-order chi connectivity index (χ0) is 14.6. The number of hydrogen-bond donors (Lipinski definition) is 3. The largest absolute Gasteiger partial charge is 0.507 e. The van der Waals surface area contributed by atoms with Crippen LogP contribution >= 0.6 is 0 Å². The Morgan fingerprint density at radius 1 is 1.42 bits per heavy atom. The summed E-state index contributed by atoms with van der Waals surface area (Å²) in [6.45, 7) is 3.11. The van der Waals surface area contributed by atoms with Gasteiger partial charge in [0.2, 0.25) is 0 Å². The Bertz CT molecular complexity index is 483. The number of benzene rings is 1. The van der Waals surface area contributed by atoms with Crippen molar-refractivity contribution in [2.45, 2.75) is 32.2 Å². The fourth-order valence-corrected chi connectivity index (χ4v) is 1.77. The van der Waals surface area contributed by atoms with Gasteiger partial charge in [0.25, 0.3) is 5.91 Å². The monoisotopic (exact) mass is 269 g/mol. The van der Waals surface area contributed by atoms with Gasteiger partial charge in [0.15, 0.2) is 0 Å². The van der Waals surface area contributed by atoms with E-state index in [1.165, 1.54) is 13.0 Å². The topological polar surface area (TPSA) is 86.6 Å². The van der Waals surface area contributed by atoms with Gasteiger partial charge < -0.3 is 15.5 Å². The number of phenols is 1. The molecule has 1 unspecified atom stereocenters. The first kappa shape index (κ1) is 14.9. The minimum Gasteiger partial charge on any atom is -0.507 e. The number of nitrogens with one attached hydrogen (secondary N) is 1. The Labute approximate surface area is 110 Å². The number of phenolic OH excluding ortho intramolecular Hbond substituents is 1. The standard InChI is InChI=1S/C13H16FNO4/c1-3-7-13(2,12(18)19)15-11(17)10-8(14)5-4-6-9(10)16/h4-6,16H,3,7H2,1-2H3,(H,15,17)(H,18,19). The van der Waals surface area contributed by atoms with E-state index in [4.69, 9.17) is 5.11 Å². The molecule has 0 aromatic heterocycles. The zero-order valence-electron chi connectivity index (χ0n) is 10.7. The van der Waals surface area contributed by atoms with Gasteiger partial charge >= 0.3 is 5.97 Å². The number of carboxylic acids is 1. The third-order valence-corrected chi connectivity index (χ3v) is 2.83. The summed E-state index contributed by atoms with van der Waals surface area (Å²) in [5.41, 5.74) is -2.05. The molecule has 0 bridgehead atoms. The van der Waals surface area contributed by atoms with E-state index in [1.807, 2.05) is 0 Å². The Morgan fingerprint density at radius 3 is 2.53 bits per heavy atom. The van der Waals surface area contributed by atoms with Crippen LogP contribution in [0.25, 0.3) is 0 Å². The lowest BCUT2D eigenvalue weighted by atomic mass is 9.95. The van der Waals surface area contributed by atoms with Crippen LogP contribution in [0.1, 0.15) is 37.0 Å². The predicted molar refractivity (Wildman–Crippen MR) is 66.5 cm³/mol. The van der Waals surface area contributed by atoms with E-state index in [0.717, 1.165) is 12.1 Å². The summed E-state index contributed by atoms with van der Waals surface area (Å²) in [5.74, 6) is -3.59. The highest BCUT2D eigenvalue weighted by molar-refractivity contribution is 6.00. The summed E-state index contributed by atoms with van der Waals surface area (Å²) in [4.78, 5) is 23.1. The molecule has 5 nitrogen and oxygen atoms in total. The highest BCUT2D eigenvalue weighted by Crippen LogP contribution is 2.21. The van der Waals surface area contributed by atoms with E-state index < -0.39 is 34.5 Å². The minimum atomic E-state index is -1.50. The Kier molecular flexibility index (Phi) is 4.47. The molecule has 0 radical (unpaired) electrons. The lowest BCUT2D eigenvalue weighted by Gasteiger charge is -2.26. The molecular formula is C13H16FNO4. The number of halogens is 1. The van der Waals surface area contributed by atoms with Crippen LogP contribution < -0.4 is 5.32 Å². The maximum absolute atomic E-state index is 13.5. The van der Waals surface area contributed by atoms with Gasteiger partial charge in [0, 0.05) is 0 Å². The number of hydrogen-bond acceptors (Lipinski definition) is 3. The SMILES string of the molecule is CCCC(C)(NC(=O)c1c(O)cccc1F)C(=O)O. The first-order valence-electron chi connectivity index (χ1n) is 5.85. The summed E-state index contributed by atoms with van der Waals surface area (Å²) in [5, 5.41) is 20.9. The first-order valence-corrected chi connectivity index (χ1v) is 5.85.